The number of halogens is 1. The van der Waals surface area contributed by atoms with E-state index in [1.165, 1.54) is 18.3 Å². The van der Waals surface area contributed by atoms with Crippen molar-refractivity contribution in [2.24, 2.45) is 0 Å². The van der Waals surface area contributed by atoms with Crippen molar-refractivity contribution in [3.05, 3.63) is 65.2 Å². The molecule has 0 bridgehead atoms. The molecule has 1 N–H and O–H groups in total. The van der Waals surface area contributed by atoms with Crippen LogP contribution in [0.2, 0.25) is 0 Å². The van der Waals surface area contributed by atoms with Crippen molar-refractivity contribution in [1.82, 2.24) is 20.1 Å². The Morgan fingerprint density at radius 3 is 2.59 bits per heavy atom. The molecule has 0 aliphatic carbocycles. The van der Waals surface area contributed by atoms with E-state index in [1.54, 1.807) is 34.1 Å². The van der Waals surface area contributed by atoms with Gasteiger partial charge in [0.1, 0.15) is 11.5 Å². The Labute approximate surface area is 155 Å². The number of carbonyl (C=O) groups is 3. The second-order valence-electron chi connectivity index (χ2n) is 6.14. The highest BCUT2D eigenvalue weighted by Gasteiger charge is 2.22. The van der Waals surface area contributed by atoms with Crippen LogP contribution in [0.4, 0.5) is 4.39 Å². The van der Waals surface area contributed by atoms with Crippen molar-refractivity contribution in [1.29, 1.82) is 0 Å². The molecule has 3 rings (SSSR count). The van der Waals surface area contributed by atoms with Crippen LogP contribution in [0.3, 0.4) is 0 Å². The summed E-state index contributed by atoms with van der Waals surface area (Å²) >= 11 is 0. The summed E-state index contributed by atoms with van der Waals surface area (Å²) in [5.41, 5.74) is 0.801. The molecular weight excluding hydrogens is 351 g/mol. The van der Waals surface area contributed by atoms with Crippen molar-refractivity contribution in [2.45, 2.75) is 6.54 Å². The van der Waals surface area contributed by atoms with Gasteiger partial charge in [-0.3, -0.25) is 19.4 Å². The van der Waals surface area contributed by atoms with Gasteiger partial charge in [0.05, 0.1) is 0 Å². The first kappa shape index (κ1) is 18.5. The molecule has 140 valence electrons. The minimum Gasteiger partial charge on any atom is -0.347 e. The molecule has 1 aromatic heterocycles. The fourth-order valence-electron chi connectivity index (χ4n) is 2.81. The van der Waals surface area contributed by atoms with Crippen molar-refractivity contribution >= 4 is 18.2 Å². The van der Waals surface area contributed by atoms with Crippen molar-refractivity contribution in [2.75, 3.05) is 26.2 Å². The molecular formula is C19H19FN4O3. The summed E-state index contributed by atoms with van der Waals surface area (Å²) in [5, 5.41) is 2.60. The number of benzene rings is 1. The summed E-state index contributed by atoms with van der Waals surface area (Å²) in [6.07, 6.45) is 2.17. The molecule has 0 unspecified atom stereocenters. The quantitative estimate of drug-likeness (QED) is 0.798. The van der Waals surface area contributed by atoms with E-state index in [-0.39, 0.29) is 18.1 Å². The average Bonchev–Trinajstić information content (AvgIpc) is 2.72. The Morgan fingerprint density at radius 1 is 1.15 bits per heavy atom. The second kappa shape index (κ2) is 8.39. The van der Waals surface area contributed by atoms with Gasteiger partial charge >= 0.3 is 0 Å². The minimum atomic E-state index is -0.487. The maximum absolute atomic E-state index is 13.6. The summed E-state index contributed by atoms with van der Waals surface area (Å²) in [6, 6.07) is 9.14. The smallest absolute Gasteiger partial charge is 0.270 e. The van der Waals surface area contributed by atoms with E-state index in [0.29, 0.717) is 37.3 Å². The van der Waals surface area contributed by atoms with E-state index in [9.17, 15) is 18.8 Å². The molecule has 2 heterocycles. The largest absolute Gasteiger partial charge is 0.347 e. The van der Waals surface area contributed by atoms with Crippen molar-refractivity contribution < 1.29 is 18.8 Å². The lowest BCUT2D eigenvalue weighted by atomic mass is 10.1. The maximum atomic E-state index is 13.6. The highest BCUT2D eigenvalue weighted by molar-refractivity contribution is 5.98. The number of hydrogen-bond acceptors (Lipinski definition) is 4. The van der Waals surface area contributed by atoms with E-state index in [0.717, 1.165) is 6.41 Å². The summed E-state index contributed by atoms with van der Waals surface area (Å²) in [6.45, 7) is 1.87. The lowest BCUT2D eigenvalue weighted by molar-refractivity contribution is -0.119. The van der Waals surface area contributed by atoms with E-state index in [1.807, 2.05) is 0 Å². The van der Waals surface area contributed by atoms with Gasteiger partial charge in [-0.15, -0.1) is 0 Å². The third-order valence-corrected chi connectivity index (χ3v) is 4.39. The molecule has 1 aromatic carbocycles. The van der Waals surface area contributed by atoms with Gasteiger partial charge in [0.25, 0.3) is 11.8 Å². The Balaban J connectivity index is 1.64. The van der Waals surface area contributed by atoms with Crippen LogP contribution in [-0.2, 0) is 11.3 Å². The molecule has 0 spiro atoms. The Kier molecular flexibility index (Phi) is 5.75. The molecule has 3 amide bonds. The highest BCUT2D eigenvalue weighted by atomic mass is 19.1. The Bertz CT molecular complexity index is 850. The number of rotatable bonds is 5. The summed E-state index contributed by atoms with van der Waals surface area (Å²) in [5.74, 6) is -1.10. The fraction of sp³-hybridized carbons (Fsp3) is 0.263. The Morgan fingerprint density at radius 2 is 1.89 bits per heavy atom. The zero-order chi connectivity index (χ0) is 19.2. The third-order valence-electron chi connectivity index (χ3n) is 4.39. The number of nitrogens with one attached hydrogen (secondary N) is 1. The third kappa shape index (κ3) is 4.46. The van der Waals surface area contributed by atoms with Gasteiger partial charge in [-0.2, -0.15) is 0 Å². The molecule has 8 heteroatoms. The maximum Gasteiger partial charge on any atom is 0.270 e. The van der Waals surface area contributed by atoms with Crippen molar-refractivity contribution in [3.8, 4) is 0 Å². The highest BCUT2D eigenvalue weighted by Crippen LogP contribution is 2.10. The second-order valence-corrected chi connectivity index (χ2v) is 6.14. The topological polar surface area (TPSA) is 82.6 Å². The zero-order valence-corrected chi connectivity index (χ0v) is 14.6. The van der Waals surface area contributed by atoms with Gasteiger partial charge in [0.2, 0.25) is 6.41 Å². The monoisotopic (exact) mass is 370 g/mol. The number of nitrogens with zero attached hydrogens (tertiary/aromatic N) is 3. The normalized spacial score (nSPS) is 14.0. The molecule has 27 heavy (non-hydrogen) atoms. The van der Waals surface area contributed by atoms with Crippen LogP contribution in [0.25, 0.3) is 0 Å². The fourth-order valence-corrected chi connectivity index (χ4v) is 2.81. The lowest BCUT2D eigenvalue weighted by Gasteiger charge is -2.32. The number of pyridine rings is 1. The molecule has 1 aliphatic heterocycles. The lowest BCUT2D eigenvalue weighted by Crippen LogP contribution is -2.48. The standard InChI is InChI=1S/C19H19FN4O3/c20-16-4-2-1-3-15(16)12-22-18(26)17-11-14(5-6-21-17)19(27)24-9-7-23(13-25)8-10-24/h1-6,11,13H,7-10,12H2,(H,22,26). The van der Waals surface area contributed by atoms with Crippen LogP contribution in [-0.4, -0.2) is 59.2 Å². The van der Waals surface area contributed by atoms with Crippen LogP contribution >= 0.6 is 0 Å². The number of amides is 3. The molecule has 1 saturated heterocycles. The summed E-state index contributed by atoms with van der Waals surface area (Å²) in [4.78, 5) is 42.9. The molecule has 0 saturated carbocycles. The van der Waals surface area contributed by atoms with Gasteiger partial charge in [0.15, 0.2) is 0 Å². The summed E-state index contributed by atoms with van der Waals surface area (Å²) < 4.78 is 13.6. The van der Waals surface area contributed by atoms with Crippen LogP contribution in [0, 0.1) is 5.82 Å². The van der Waals surface area contributed by atoms with E-state index in [2.05, 4.69) is 10.3 Å². The minimum absolute atomic E-state index is 0.0268. The SMILES string of the molecule is O=CN1CCN(C(=O)c2ccnc(C(=O)NCc3ccccc3F)c2)CC1. The molecule has 0 radical (unpaired) electrons. The van der Waals surface area contributed by atoms with Crippen molar-refractivity contribution in [3.63, 3.8) is 0 Å². The van der Waals surface area contributed by atoms with Crippen LogP contribution in [0.5, 0.6) is 0 Å². The number of piperazine rings is 1. The van der Waals surface area contributed by atoms with E-state index in [4.69, 9.17) is 0 Å². The van der Waals surface area contributed by atoms with Gasteiger partial charge in [-0.1, -0.05) is 18.2 Å². The summed E-state index contributed by atoms with van der Waals surface area (Å²) in [7, 11) is 0. The first-order valence-electron chi connectivity index (χ1n) is 8.55. The average molecular weight is 370 g/mol. The van der Waals surface area contributed by atoms with Crippen LogP contribution in [0.1, 0.15) is 26.4 Å². The number of aromatic nitrogens is 1. The van der Waals surface area contributed by atoms with Gasteiger partial charge in [-0.05, 0) is 18.2 Å². The Hall–Kier alpha value is -3.29. The predicted molar refractivity (Wildman–Crippen MR) is 95.3 cm³/mol. The van der Waals surface area contributed by atoms with E-state index < -0.39 is 11.7 Å². The van der Waals surface area contributed by atoms with Crippen LogP contribution in [0.15, 0.2) is 42.6 Å². The number of hydrogen-bond donors (Lipinski definition) is 1. The molecule has 7 nitrogen and oxygen atoms in total. The zero-order valence-electron chi connectivity index (χ0n) is 14.6. The number of carbonyl (C=O) groups excluding carboxylic acids is 3. The first-order valence-corrected chi connectivity index (χ1v) is 8.55. The van der Waals surface area contributed by atoms with Gasteiger partial charge in [-0.25, -0.2) is 4.39 Å². The first-order chi connectivity index (χ1) is 13.1. The van der Waals surface area contributed by atoms with Crippen LogP contribution < -0.4 is 5.32 Å². The van der Waals surface area contributed by atoms with Gasteiger partial charge in [0, 0.05) is 50.0 Å². The molecule has 1 aliphatic rings. The molecule has 2 aromatic rings. The van der Waals surface area contributed by atoms with Gasteiger partial charge < -0.3 is 15.1 Å². The van der Waals surface area contributed by atoms with E-state index >= 15 is 0 Å². The molecule has 0 atom stereocenters. The molecule has 1 fully saturated rings. The predicted octanol–water partition coefficient (Wildman–Crippen LogP) is 1.06.